The van der Waals surface area contributed by atoms with Crippen molar-refractivity contribution < 1.29 is 14.6 Å². The number of anilines is 1. The molecule has 2 heterocycles. The highest BCUT2D eigenvalue weighted by Crippen LogP contribution is 2.27. The number of aliphatic hydroxyl groups excluding tert-OH is 1. The molecule has 0 aliphatic carbocycles. The van der Waals surface area contributed by atoms with Crippen molar-refractivity contribution in [2.24, 2.45) is 5.92 Å². The summed E-state index contributed by atoms with van der Waals surface area (Å²) in [5.41, 5.74) is 0.219. The molecule has 1 aliphatic rings. The third-order valence-electron chi connectivity index (χ3n) is 4.12. The number of rotatable bonds is 9. The van der Waals surface area contributed by atoms with Gasteiger partial charge in [-0.25, -0.2) is 9.97 Å². The second-order valence-electron chi connectivity index (χ2n) is 6.91. The molecule has 1 aromatic rings. The lowest BCUT2D eigenvalue weighted by Gasteiger charge is -2.20. The largest absolute Gasteiger partial charge is 0.475 e. The average Bonchev–Trinajstić information content (AvgIpc) is 3.12. The van der Waals surface area contributed by atoms with Crippen molar-refractivity contribution in [1.82, 2.24) is 15.3 Å². The molecule has 2 N–H and O–H groups in total. The standard InChI is InChI=1S/C18H30N4O3/c1-4-9-25-18-16(22-7-5-6-8-22)19-11-15(21-18)17(24)20-14(12-23)10-13(2)3/h11,13-14,23H,4-10,12H2,1-3H3,(H,20,24)/t14-/m0/s1. The van der Waals surface area contributed by atoms with Crippen molar-refractivity contribution in [2.75, 3.05) is 31.2 Å². The van der Waals surface area contributed by atoms with Crippen molar-refractivity contribution in [1.29, 1.82) is 0 Å². The molecule has 7 heteroatoms. The molecule has 140 valence electrons. The van der Waals surface area contributed by atoms with E-state index in [-0.39, 0.29) is 24.2 Å². The van der Waals surface area contributed by atoms with Crippen LogP contribution in [0.1, 0.15) is 56.9 Å². The number of aliphatic hydroxyl groups is 1. The Morgan fingerprint density at radius 2 is 2.12 bits per heavy atom. The van der Waals surface area contributed by atoms with E-state index in [4.69, 9.17) is 4.74 Å². The summed E-state index contributed by atoms with van der Waals surface area (Å²) in [4.78, 5) is 23.5. The Balaban J connectivity index is 2.15. The molecule has 1 aromatic heterocycles. The number of nitrogens with one attached hydrogen (secondary N) is 1. The van der Waals surface area contributed by atoms with Crippen LogP contribution in [-0.4, -0.2) is 53.3 Å². The fourth-order valence-corrected chi connectivity index (χ4v) is 2.92. The van der Waals surface area contributed by atoms with Gasteiger partial charge in [0.15, 0.2) is 11.5 Å². The van der Waals surface area contributed by atoms with E-state index in [1.54, 1.807) is 0 Å². The van der Waals surface area contributed by atoms with Gasteiger partial charge in [0.1, 0.15) is 0 Å². The maximum absolute atomic E-state index is 12.5. The second-order valence-corrected chi connectivity index (χ2v) is 6.91. The number of nitrogens with zero attached hydrogens (tertiary/aromatic N) is 3. The van der Waals surface area contributed by atoms with E-state index in [2.05, 4.69) is 34.0 Å². The van der Waals surface area contributed by atoms with Crippen LogP contribution in [0.25, 0.3) is 0 Å². The number of carbonyl (C=O) groups is 1. The molecule has 0 bridgehead atoms. The molecule has 0 unspecified atom stereocenters. The van der Waals surface area contributed by atoms with Crippen LogP contribution in [0.3, 0.4) is 0 Å². The summed E-state index contributed by atoms with van der Waals surface area (Å²) >= 11 is 0. The third kappa shape index (κ3) is 5.56. The Morgan fingerprint density at radius 1 is 1.40 bits per heavy atom. The van der Waals surface area contributed by atoms with Crippen LogP contribution in [0.5, 0.6) is 5.88 Å². The lowest BCUT2D eigenvalue weighted by molar-refractivity contribution is 0.0901. The summed E-state index contributed by atoms with van der Waals surface area (Å²) in [5.74, 6) is 1.18. The summed E-state index contributed by atoms with van der Waals surface area (Å²) in [6, 6.07) is -0.285. The first-order valence-electron chi connectivity index (χ1n) is 9.21. The lowest BCUT2D eigenvalue weighted by atomic mass is 10.0. The van der Waals surface area contributed by atoms with Gasteiger partial charge in [-0.05, 0) is 31.6 Å². The van der Waals surface area contributed by atoms with Crippen LogP contribution in [0.2, 0.25) is 0 Å². The number of hydrogen-bond donors (Lipinski definition) is 2. The molecule has 1 fully saturated rings. The van der Waals surface area contributed by atoms with E-state index in [0.717, 1.165) is 32.4 Å². The number of aromatic nitrogens is 2. The van der Waals surface area contributed by atoms with Gasteiger partial charge in [0.05, 0.1) is 25.5 Å². The Hall–Kier alpha value is -1.89. The Morgan fingerprint density at radius 3 is 2.72 bits per heavy atom. The predicted octanol–water partition coefficient (Wildman–Crippen LogP) is 2.00. The van der Waals surface area contributed by atoms with Crippen LogP contribution in [-0.2, 0) is 0 Å². The van der Waals surface area contributed by atoms with Gasteiger partial charge in [0.2, 0.25) is 0 Å². The summed E-state index contributed by atoms with van der Waals surface area (Å²) in [6.07, 6.45) is 5.32. The Bertz CT molecular complexity index is 559. The molecular weight excluding hydrogens is 320 g/mol. The van der Waals surface area contributed by atoms with Gasteiger partial charge in [0.25, 0.3) is 11.8 Å². The van der Waals surface area contributed by atoms with Gasteiger partial charge in [0, 0.05) is 13.1 Å². The minimum absolute atomic E-state index is 0.0948. The van der Waals surface area contributed by atoms with Crippen molar-refractivity contribution in [3.05, 3.63) is 11.9 Å². The zero-order valence-corrected chi connectivity index (χ0v) is 15.5. The van der Waals surface area contributed by atoms with E-state index >= 15 is 0 Å². The number of hydrogen-bond acceptors (Lipinski definition) is 6. The van der Waals surface area contributed by atoms with E-state index in [1.165, 1.54) is 6.20 Å². The van der Waals surface area contributed by atoms with Gasteiger partial charge < -0.3 is 20.1 Å². The highest BCUT2D eigenvalue weighted by Gasteiger charge is 2.22. The van der Waals surface area contributed by atoms with Crippen molar-refractivity contribution in [2.45, 2.75) is 52.5 Å². The van der Waals surface area contributed by atoms with Crippen molar-refractivity contribution >= 4 is 11.7 Å². The molecule has 0 aromatic carbocycles. The minimum atomic E-state index is -0.332. The Labute approximate surface area is 149 Å². The van der Waals surface area contributed by atoms with Gasteiger partial charge in [-0.15, -0.1) is 0 Å². The smallest absolute Gasteiger partial charge is 0.271 e. The van der Waals surface area contributed by atoms with Crippen LogP contribution in [0.4, 0.5) is 5.82 Å². The first-order valence-corrected chi connectivity index (χ1v) is 9.21. The van der Waals surface area contributed by atoms with Gasteiger partial charge >= 0.3 is 0 Å². The topological polar surface area (TPSA) is 87.6 Å². The molecule has 25 heavy (non-hydrogen) atoms. The fourth-order valence-electron chi connectivity index (χ4n) is 2.92. The van der Waals surface area contributed by atoms with E-state index < -0.39 is 0 Å². The summed E-state index contributed by atoms with van der Waals surface area (Å²) in [6.45, 7) is 8.44. The molecular formula is C18H30N4O3. The summed E-state index contributed by atoms with van der Waals surface area (Å²) < 4.78 is 5.74. The normalized spacial score (nSPS) is 15.5. The van der Waals surface area contributed by atoms with Gasteiger partial charge in [-0.1, -0.05) is 20.8 Å². The molecule has 2 rings (SSSR count). The second kappa shape index (κ2) is 9.56. The molecule has 0 saturated carbocycles. The molecule has 1 aliphatic heterocycles. The predicted molar refractivity (Wildman–Crippen MR) is 97.1 cm³/mol. The SMILES string of the molecule is CCCOc1nc(C(=O)N[C@H](CO)CC(C)C)cnc1N1CCCC1. The quantitative estimate of drug-likeness (QED) is 0.708. The van der Waals surface area contributed by atoms with Crippen LogP contribution in [0, 0.1) is 5.92 Å². The van der Waals surface area contributed by atoms with E-state index in [9.17, 15) is 9.90 Å². The number of amides is 1. The molecule has 0 radical (unpaired) electrons. The zero-order chi connectivity index (χ0) is 18.2. The van der Waals surface area contributed by atoms with Gasteiger partial charge in [-0.3, -0.25) is 4.79 Å². The molecule has 7 nitrogen and oxygen atoms in total. The van der Waals surface area contributed by atoms with Crippen LogP contribution < -0.4 is 15.0 Å². The molecule has 1 atom stereocenters. The maximum Gasteiger partial charge on any atom is 0.271 e. The van der Waals surface area contributed by atoms with Crippen LogP contribution in [0.15, 0.2) is 6.20 Å². The fraction of sp³-hybridized carbons (Fsp3) is 0.722. The Kier molecular flexibility index (Phi) is 7.43. The van der Waals surface area contributed by atoms with Crippen molar-refractivity contribution in [3.8, 4) is 5.88 Å². The molecule has 0 spiro atoms. The van der Waals surface area contributed by atoms with Gasteiger partial charge in [-0.2, -0.15) is 0 Å². The summed E-state index contributed by atoms with van der Waals surface area (Å²) in [7, 11) is 0. The first kappa shape index (κ1) is 19.4. The van der Waals surface area contributed by atoms with Crippen molar-refractivity contribution in [3.63, 3.8) is 0 Å². The minimum Gasteiger partial charge on any atom is -0.475 e. The third-order valence-corrected chi connectivity index (χ3v) is 4.12. The lowest BCUT2D eigenvalue weighted by Crippen LogP contribution is -2.39. The first-order chi connectivity index (χ1) is 12.0. The van der Waals surface area contributed by atoms with E-state index in [1.807, 2.05) is 6.92 Å². The molecule has 1 amide bonds. The zero-order valence-electron chi connectivity index (χ0n) is 15.5. The number of carbonyl (C=O) groups excluding carboxylic acids is 1. The van der Waals surface area contributed by atoms with E-state index in [0.29, 0.717) is 30.6 Å². The van der Waals surface area contributed by atoms with Crippen LogP contribution >= 0.6 is 0 Å². The average molecular weight is 350 g/mol. The molecule has 1 saturated heterocycles. The number of ether oxygens (including phenoxy) is 1. The highest BCUT2D eigenvalue weighted by molar-refractivity contribution is 5.92. The highest BCUT2D eigenvalue weighted by atomic mass is 16.5. The monoisotopic (exact) mass is 350 g/mol. The maximum atomic E-state index is 12.5. The summed E-state index contributed by atoms with van der Waals surface area (Å²) in [5, 5.41) is 12.3.